The second kappa shape index (κ2) is 7.10. The van der Waals surface area contributed by atoms with Gasteiger partial charge in [0.25, 0.3) is 0 Å². The van der Waals surface area contributed by atoms with E-state index in [0.717, 1.165) is 19.4 Å². The van der Waals surface area contributed by atoms with Crippen LogP contribution in [-0.2, 0) is 14.3 Å². The van der Waals surface area contributed by atoms with Gasteiger partial charge >= 0.3 is 5.97 Å². The average molecular weight is 174 g/mol. The van der Waals surface area contributed by atoms with Crippen LogP contribution in [0.5, 0.6) is 0 Å². The molecule has 0 aromatic carbocycles. The zero-order valence-corrected chi connectivity index (χ0v) is 8.13. The topological polar surface area (TPSA) is 35.5 Å². The Kier molecular flexibility index (Phi) is 6.76. The maximum Gasteiger partial charge on any atom is 0.302 e. The SMILES string of the molecule is CCCOCCC(C)OC(C)=O. The van der Waals surface area contributed by atoms with Crippen LogP contribution < -0.4 is 0 Å². The van der Waals surface area contributed by atoms with Gasteiger partial charge in [-0.05, 0) is 13.3 Å². The minimum Gasteiger partial charge on any atom is -0.463 e. The van der Waals surface area contributed by atoms with Crippen LogP contribution in [0.4, 0.5) is 0 Å². The lowest BCUT2D eigenvalue weighted by Crippen LogP contribution is -2.14. The lowest BCUT2D eigenvalue weighted by molar-refractivity contribution is -0.146. The summed E-state index contributed by atoms with van der Waals surface area (Å²) in [7, 11) is 0. The second-order valence-electron chi connectivity index (χ2n) is 2.82. The van der Waals surface area contributed by atoms with Gasteiger partial charge in [-0.2, -0.15) is 0 Å². The number of carbonyl (C=O) groups is 1. The van der Waals surface area contributed by atoms with Gasteiger partial charge in [0.1, 0.15) is 6.10 Å². The predicted octanol–water partition coefficient (Wildman–Crippen LogP) is 1.75. The largest absolute Gasteiger partial charge is 0.463 e. The Labute approximate surface area is 74.0 Å². The van der Waals surface area contributed by atoms with Gasteiger partial charge in [0.15, 0.2) is 0 Å². The van der Waals surface area contributed by atoms with Crippen molar-refractivity contribution in [3.63, 3.8) is 0 Å². The summed E-state index contributed by atoms with van der Waals surface area (Å²) in [4.78, 5) is 10.5. The first-order chi connectivity index (χ1) is 5.66. The molecule has 0 rings (SSSR count). The van der Waals surface area contributed by atoms with Crippen LogP contribution in [0.25, 0.3) is 0 Å². The molecule has 0 aliphatic carbocycles. The highest BCUT2D eigenvalue weighted by molar-refractivity contribution is 5.66. The molecule has 0 aliphatic rings. The maximum absolute atomic E-state index is 10.5. The van der Waals surface area contributed by atoms with Gasteiger partial charge in [-0.15, -0.1) is 0 Å². The fraction of sp³-hybridized carbons (Fsp3) is 0.889. The zero-order chi connectivity index (χ0) is 9.40. The quantitative estimate of drug-likeness (QED) is 0.454. The Hall–Kier alpha value is -0.570. The van der Waals surface area contributed by atoms with Crippen LogP contribution in [0.1, 0.15) is 33.6 Å². The third-order valence-electron chi connectivity index (χ3n) is 1.38. The molecule has 72 valence electrons. The van der Waals surface area contributed by atoms with E-state index in [-0.39, 0.29) is 12.1 Å². The molecule has 0 aromatic rings. The van der Waals surface area contributed by atoms with Gasteiger partial charge in [0.05, 0.1) is 6.61 Å². The second-order valence-corrected chi connectivity index (χ2v) is 2.82. The molecule has 0 saturated carbocycles. The molecule has 0 N–H and O–H groups in total. The summed E-state index contributed by atoms with van der Waals surface area (Å²) < 4.78 is 10.2. The average Bonchev–Trinajstić information content (AvgIpc) is 1.97. The summed E-state index contributed by atoms with van der Waals surface area (Å²) in [6, 6.07) is 0. The molecule has 0 heterocycles. The van der Waals surface area contributed by atoms with E-state index in [4.69, 9.17) is 9.47 Å². The summed E-state index contributed by atoms with van der Waals surface area (Å²) in [6.45, 7) is 6.81. The number of carbonyl (C=O) groups excluding carboxylic acids is 1. The highest BCUT2D eigenvalue weighted by Gasteiger charge is 2.03. The third-order valence-corrected chi connectivity index (χ3v) is 1.38. The number of hydrogen-bond donors (Lipinski definition) is 0. The molecule has 3 heteroatoms. The lowest BCUT2D eigenvalue weighted by Gasteiger charge is -2.11. The number of ether oxygens (including phenoxy) is 2. The van der Waals surface area contributed by atoms with Crippen LogP contribution in [0.2, 0.25) is 0 Å². The summed E-state index contributed by atoms with van der Waals surface area (Å²) in [5.74, 6) is -0.224. The molecular weight excluding hydrogens is 156 g/mol. The number of esters is 1. The monoisotopic (exact) mass is 174 g/mol. The molecule has 0 aromatic heterocycles. The van der Waals surface area contributed by atoms with Crippen molar-refractivity contribution in [2.24, 2.45) is 0 Å². The highest BCUT2D eigenvalue weighted by atomic mass is 16.5. The smallest absolute Gasteiger partial charge is 0.302 e. The Morgan fingerprint density at radius 1 is 1.42 bits per heavy atom. The van der Waals surface area contributed by atoms with Gasteiger partial charge in [-0.25, -0.2) is 0 Å². The van der Waals surface area contributed by atoms with E-state index in [2.05, 4.69) is 6.92 Å². The van der Waals surface area contributed by atoms with Crippen LogP contribution >= 0.6 is 0 Å². The van der Waals surface area contributed by atoms with Gasteiger partial charge in [-0.3, -0.25) is 4.79 Å². The summed E-state index contributed by atoms with van der Waals surface area (Å²) in [6.07, 6.45) is 1.78. The third kappa shape index (κ3) is 7.54. The van der Waals surface area contributed by atoms with Crippen molar-refractivity contribution < 1.29 is 14.3 Å². The fourth-order valence-corrected chi connectivity index (χ4v) is 0.838. The van der Waals surface area contributed by atoms with Gasteiger partial charge in [-0.1, -0.05) is 6.92 Å². The molecule has 3 nitrogen and oxygen atoms in total. The van der Waals surface area contributed by atoms with E-state index in [1.807, 2.05) is 6.92 Å². The van der Waals surface area contributed by atoms with E-state index in [1.165, 1.54) is 6.92 Å². The van der Waals surface area contributed by atoms with E-state index in [0.29, 0.717) is 6.61 Å². The number of hydrogen-bond acceptors (Lipinski definition) is 3. The Balaban J connectivity index is 3.19. The van der Waals surface area contributed by atoms with Crippen LogP contribution in [0.15, 0.2) is 0 Å². The molecule has 0 amide bonds. The standard InChI is InChI=1S/C9H18O3/c1-4-6-11-7-5-8(2)12-9(3)10/h8H,4-7H2,1-3H3. The van der Waals surface area contributed by atoms with Gasteiger partial charge in [0, 0.05) is 20.0 Å². The zero-order valence-electron chi connectivity index (χ0n) is 8.13. The lowest BCUT2D eigenvalue weighted by atomic mass is 10.3. The summed E-state index contributed by atoms with van der Waals surface area (Å²) in [5, 5.41) is 0. The van der Waals surface area contributed by atoms with Crippen molar-refractivity contribution in [3.05, 3.63) is 0 Å². The highest BCUT2D eigenvalue weighted by Crippen LogP contribution is 1.98. The first kappa shape index (κ1) is 11.4. The minimum atomic E-state index is -0.224. The molecule has 0 radical (unpaired) electrons. The van der Waals surface area contributed by atoms with Gasteiger partial charge < -0.3 is 9.47 Å². The normalized spacial score (nSPS) is 12.6. The first-order valence-corrected chi connectivity index (χ1v) is 4.41. The predicted molar refractivity (Wildman–Crippen MR) is 47.0 cm³/mol. The van der Waals surface area contributed by atoms with Crippen molar-refractivity contribution in [3.8, 4) is 0 Å². The van der Waals surface area contributed by atoms with E-state index >= 15 is 0 Å². The Morgan fingerprint density at radius 3 is 2.58 bits per heavy atom. The molecule has 0 fully saturated rings. The molecular formula is C9H18O3. The number of rotatable bonds is 6. The Morgan fingerprint density at radius 2 is 2.08 bits per heavy atom. The van der Waals surface area contributed by atoms with Crippen LogP contribution in [-0.4, -0.2) is 25.3 Å². The molecule has 0 saturated heterocycles. The summed E-state index contributed by atoms with van der Waals surface area (Å²) >= 11 is 0. The summed E-state index contributed by atoms with van der Waals surface area (Å²) in [5.41, 5.74) is 0. The molecule has 0 bridgehead atoms. The van der Waals surface area contributed by atoms with E-state index in [1.54, 1.807) is 0 Å². The molecule has 1 unspecified atom stereocenters. The Bertz CT molecular complexity index is 123. The van der Waals surface area contributed by atoms with Crippen molar-refractivity contribution in [2.75, 3.05) is 13.2 Å². The van der Waals surface area contributed by atoms with Crippen LogP contribution in [0.3, 0.4) is 0 Å². The fourth-order valence-electron chi connectivity index (χ4n) is 0.838. The molecule has 1 atom stereocenters. The minimum absolute atomic E-state index is 0.0284. The van der Waals surface area contributed by atoms with E-state index in [9.17, 15) is 4.79 Å². The van der Waals surface area contributed by atoms with Crippen LogP contribution in [0, 0.1) is 0 Å². The van der Waals surface area contributed by atoms with Crippen molar-refractivity contribution >= 4 is 5.97 Å². The maximum atomic E-state index is 10.5. The van der Waals surface area contributed by atoms with Gasteiger partial charge in [0.2, 0.25) is 0 Å². The van der Waals surface area contributed by atoms with Crippen molar-refractivity contribution in [1.82, 2.24) is 0 Å². The molecule has 0 aliphatic heterocycles. The molecule has 12 heavy (non-hydrogen) atoms. The first-order valence-electron chi connectivity index (χ1n) is 4.41. The van der Waals surface area contributed by atoms with Crippen molar-refractivity contribution in [1.29, 1.82) is 0 Å². The van der Waals surface area contributed by atoms with E-state index < -0.39 is 0 Å². The van der Waals surface area contributed by atoms with Crippen molar-refractivity contribution in [2.45, 2.75) is 39.7 Å². The molecule has 0 spiro atoms.